The van der Waals surface area contributed by atoms with Crippen molar-refractivity contribution in [1.29, 1.82) is 0 Å². The Labute approximate surface area is 117 Å². The number of hydrogen-bond donors (Lipinski definition) is 2. The lowest BCUT2D eigenvalue weighted by atomic mass is 10.1. The maximum absolute atomic E-state index is 11.0. The summed E-state index contributed by atoms with van der Waals surface area (Å²) in [4.78, 5) is 11.0. The molecule has 2 aromatic rings. The van der Waals surface area contributed by atoms with Crippen LogP contribution in [0.4, 0.5) is 16.4 Å². The normalized spacial score (nSPS) is 9.90. The second-order valence-corrected chi connectivity index (χ2v) is 4.26. The summed E-state index contributed by atoms with van der Waals surface area (Å²) in [5.74, 6) is 0.986. The van der Waals surface area contributed by atoms with Crippen molar-refractivity contribution in [1.82, 2.24) is 10.2 Å². The Morgan fingerprint density at radius 2 is 1.95 bits per heavy atom. The molecule has 6 nitrogen and oxygen atoms in total. The van der Waals surface area contributed by atoms with Gasteiger partial charge in [-0.05, 0) is 24.6 Å². The number of carbonyl (C=O) groups is 1. The van der Waals surface area contributed by atoms with Gasteiger partial charge in [0.2, 0.25) is 0 Å². The van der Waals surface area contributed by atoms with Crippen molar-refractivity contribution in [3.63, 3.8) is 0 Å². The van der Waals surface area contributed by atoms with Crippen LogP contribution >= 0.6 is 0 Å². The van der Waals surface area contributed by atoms with E-state index < -0.39 is 6.09 Å². The highest BCUT2D eigenvalue weighted by Crippen LogP contribution is 2.09. The molecule has 0 spiro atoms. The first-order chi connectivity index (χ1) is 9.67. The van der Waals surface area contributed by atoms with Crippen molar-refractivity contribution >= 4 is 17.7 Å². The lowest BCUT2D eigenvalue weighted by Gasteiger charge is -2.07. The van der Waals surface area contributed by atoms with E-state index in [1.807, 2.05) is 12.1 Å². The van der Waals surface area contributed by atoms with Gasteiger partial charge in [0, 0.05) is 6.54 Å². The van der Waals surface area contributed by atoms with Crippen LogP contribution in [0.25, 0.3) is 0 Å². The summed E-state index contributed by atoms with van der Waals surface area (Å²) in [5.41, 5.74) is 2.39. The first kappa shape index (κ1) is 13.8. The summed E-state index contributed by atoms with van der Waals surface area (Å²) in [6.45, 7) is 2.72. The summed E-state index contributed by atoms with van der Waals surface area (Å²) in [6, 6.07) is 11.6. The fourth-order valence-electron chi connectivity index (χ4n) is 1.66. The summed E-state index contributed by atoms with van der Waals surface area (Å²) in [5, 5.41) is 13.4. The second kappa shape index (κ2) is 6.51. The van der Waals surface area contributed by atoms with E-state index in [0.29, 0.717) is 18.2 Å². The fourth-order valence-corrected chi connectivity index (χ4v) is 1.66. The number of benzene rings is 1. The first-order valence-corrected chi connectivity index (χ1v) is 6.15. The van der Waals surface area contributed by atoms with E-state index in [0.717, 1.165) is 0 Å². The summed E-state index contributed by atoms with van der Waals surface area (Å²) >= 11 is 0. The van der Waals surface area contributed by atoms with Gasteiger partial charge < -0.3 is 10.1 Å². The molecule has 1 heterocycles. The zero-order chi connectivity index (χ0) is 14.4. The van der Waals surface area contributed by atoms with Crippen molar-refractivity contribution in [3.05, 3.63) is 47.5 Å². The zero-order valence-corrected chi connectivity index (χ0v) is 11.4. The quantitative estimate of drug-likeness (QED) is 0.894. The van der Waals surface area contributed by atoms with Crippen LogP contribution in [0.5, 0.6) is 0 Å². The van der Waals surface area contributed by atoms with Crippen LogP contribution in [-0.4, -0.2) is 23.4 Å². The number of rotatable bonds is 4. The number of nitrogens with zero attached hydrogens (tertiary/aromatic N) is 2. The van der Waals surface area contributed by atoms with Crippen LogP contribution in [0.2, 0.25) is 0 Å². The van der Waals surface area contributed by atoms with Crippen molar-refractivity contribution in [2.75, 3.05) is 17.7 Å². The van der Waals surface area contributed by atoms with E-state index in [1.165, 1.54) is 18.2 Å². The molecule has 0 fully saturated rings. The Balaban J connectivity index is 1.92. The Kier molecular flexibility index (Phi) is 4.49. The topological polar surface area (TPSA) is 76.1 Å². The van der Waals surface area contributed by atoms with Gasteiger partial charge in [-0.1, -0.05) is 29.8 Å². The molecule has 0 saturated heterocycles. The SMILES string of the molecule is COC(=O)Nc1ccc(NCc2cccc(C)c2)nn1. The van der Waals surface area contributed by atoms with Gasteiger partial charge in [-0.25, -0.2) is 4.79 Å². The Morgan fingerprint density at radius 3 is 2.60 bits per heavy atom. The molecular weight excluding hydrogens is 256 g/mol. The molecule has 1 aromatic carbocycles. The third kappa shape index (κ3) is 3.94. The standard InChI is InChI=1S/C14H16N4O2/c1-10-4-3-5-11(8-10)9-15-12-6-7-13(18-17-12)16-14(19)20-2/h3-8H,9H2,1-2H3,(H,15,17)(H,16,18,19). The zero-order valence-electron chi connectivity index (χ0n) is 11.4. The number of aryl methyl sites for hydroxylation is 1. The number of nitrogens with one attached hydrogen (secondary N) is 2. The highest BCUT2D eigenvalue weighted by molar-refractivity contribution is 5.83. The number of anilines is 2. The van der Waals surface area contributed by atoms with Gasteiger partial charge in [-0.3, -0.25) is 5.32 Å². The predicted octanol–water partition coefficient (Wildman–Crippen LogP) is 2.58. The van der Waals surface area contributed by atoms with E-state index >= 15 is 0 Å². The van der Waals surface area contributed by atoms with E-state index in [1.54, 1.807) is 12.1 Å². The van der Waals surface area contributed by atoms with Gasteiger partial charge in [0.25, 0.3) is 0 Å². The molecule has 2 N–H and O–H groups in total. The van der Waals surface area contributed by atoms with E-state index in [2.05, 4.69) is 44.6 Å². The third-order valence-electron chi connectivity index (χ3n) is 2.64. The number of methoxy groups -OCH3 is 1. The van der Waals surface area contributed by atoms with Gasteiger partial charge in [-0.15, -0.1) is 10.2 Å². The number of carbonyl (C=O) groups excluding carboxylic acids is 1. The lowest BCUT2D eigenvalue weighted by molar-refractivity contribution is 0.187. The van der Waals surface area contributed by atoms with Gasteiger partial charge in [-0.2, -0.15) is 0 Å². The Hall–Kier alpha value is -2.63. The van der Waals surface area contributed by atoms with Crippen LogP contribution in [0, 0.1) is 6.92 Å². The molecule has 2 rings (SSSR count). The average molecular weight is 272 g/mol. The lowest BCUT2D eigenvalue weighted by Crippen LogP contribution is -2.13. The van der Waals surface area contributed by atoms with Crippen LogP contribution in [0.1, 0.15) is 11.1 Å². The number of ether oxygens (including phenoxy) is 1. The minimum Gasteiger partial charge on any atom is -0.453 e. The molecule has 0 saturated carbocycles. The van der Waals surface area contributed by atoms with E-state index in [9.17, 15) is 4.79 Å². The highest BCUT2D eigenvalue weighted by atomic mass is 16.5. The minimum atomic E-state index is -0.570. The second-order valence-electron chi connectivity index (χ2n) is 4.26. The molecule has 6 heteroatoms. The monoisotopic (exact) mass is 272 g/mol. The average Bonchev–Trinajstić information content (AvgIpc) is 2.46. The molecule has 0 aliphatic heterocycles. The predicted molar refractivity (Wildman–Crippen MR) is 76.6 cm³/mol. The summed E-state index contributed by atoms with van der Waals surface area (Å²) in [6.07, 6.45) is -0.570. The maximum atomic E-state index is 11.0. The molecule has 0 aliphatic rings. The first-order valence-electron chi connectivity index (χ1n) is 6.15. The van der Waals surface area contributed by atoms with Crippen LogP contribution in [0.15, 0.2) is 36.4 Å². The number of aromatic nitrogens is 2. The fraction of sp³-hybridized carbons (Fsp3) is 0.214. The van der Waals surface area contributed by atoms with Gasteiger partial charge in [0.05, 0.1) is 7.11 Å². The van der Waals surface area contributed by atoms with Crippen LogP contribution in [-0.2, 0) is 11.3 Å². The van der Waals surface area contributed by atoms with E-state index in [-0.39, 0.29) is 0 Å². The minimum absolute atomic E-state index is 0.345. The maximum Gasteiger partial charge on any atom is 0.412 e. The van der Waals surface area contributed by atoms with Gasteiger partial charge >= 0.3 is 6.09 Å². The van der Waals surface area contributed by atoms with Crippen molar-refractivity contribution in [2.24, 2.45) is 0 Å². The highest BCUT2D eigenvalue weighted by Gasteiger charge is 2.02. The summed E-state index contributed by atoms with van der Waals surface area (Å²) < 4.78 is 4.47. The molecular formula is C14H16N4O2. The number of hydrogen-bond acceptors (Lipinski definition) is 5. The molecule has 104 valence electrons. The van der Waals surface area contributed by atoms with Gasteiger partial charge in [0.15, 0.2) is 5.82 Å². The van der Waals surface area contributed by atoms with Crippen LogP contribution < -0.4 is 10.6 Å². The smallest absolute Gasteiger partial charge is 0.412 e. The van der Waals surface area contributed by atoms with Crippen molar-refractivity contribution < 1.29 is 9.53 Å². The Morgan fingerprint density at radius 1 is 1.20 bits per heavy atom. The molecule has 0 aliphatic carbocycles. The van der Waals surface area contributed by atoms with E-state index in [4.69, 9.17) is 0 Å². The van der Waals surface area contributed by atoms with Crippen molar-refractivity contribution in [2.45, 2.75) is 13.5 Å². The van der Waals surface area contributed by atoms with Gasteiger partial charge in [0.1, 0.15) is 5.82 Å². The molecule has 0 radical (unpaired) electrons. The third-order valence-corrected chi connectivity index (χ3v) is 2.64. The molecule has 20 heavy (non-hydrogen) atoms. The molecule has 1 amide bonds. The van der Waals surface area contributed by atoms with Crippen molar-refractivity contribution in [3.8, 4) is 0 Å². The molecule has 1 aromatic heterocycles. The Bertz CT molecular complexity index is 584. The van der Waals surface area contributed by atoms with Crippen LogP contribution in [0.3, 0.4) is 0 Å². The molecule has 0 atom stereocenters. The number of amides is 1. The molecule has 0 bridgehead atoms. The molecule has 0 unspecified atom stereocenters. The largest absolute Gasteiger partial charge is 0.453 e. The summed E-state index contributed by atoms with van der Waals surface area (Å²) in [7, 11) is 1.29.